The molecule has 0 aliphatic rings. The molecule has 0 radical (unpaired) electrons. The Morgan fingerprint density at radius 1 is 1.44 bits per heavy atom. The molecule has 0 aliphatic carbocycles. The minimum Gasteiger partial charge on any atom is -0.391 e. The van der Waals surface area contributed by atoms with Gasteiger partial charge in [0.1, 0.15) is 6.54 Å². The van der Waals surface area contributed by atoms with Crippen LogP contribution in [0.2, 0.25) is 0 Å². The van der Waals surface area contributed by atoms with E-state index in [4.69, 9.17) is 5.11 Å². The van der Waals surface area contributed by atoms with Crippen LogP contribution in [-0.4, -0.2) is 37.1 Å². The fraction of sp³-hybridized carbons (Fsp3) is 0.556. The van der Waals surface area contributed by atoms with E-state index in [1.54, 1.807) is 0 Å². The number of aliphatic hydroxyl groups excluding tert-OH is 1. The Bertz CT molecular complexity index is 495. The summed E-state index contributed by atoms with van der Waals surface area (Å²) >= 11 is 0.985. The van der Waals surface area contributed by atoms with Gasteiger partial charge >= 0.3 is 6.18 Å². The lowest BCUT2D eigenvalue weighted by atomic mass is 10.5. The Morgan fingerprint density at radius 3 is 2.44 bits per heavy atom. The Balaban J connectivity index is 3.03. The summed E-state index contributed by atoms with van der Waals surface area (Å²) in [4.78, 5) is 0.166. The molecule has 0 saturated heterocycles. The van der Waals surface area contributed by atoms with Crippen molar-refractivity contribution in [2.24, 2.45) is 0 Å². The van der Waals surface area contributed by atoms with Gasteiger partial charge in [0.05, 0.1) is 11.5 Å². The first-order valence-electron chi connectivity index (χ1n) is 4.96. The molecule has 1 rings (SSSR count). The number of aliphatic hydroxyl groups is 1. The Morgan fingerprint density at radius 2 is 2.06 bits per heavy atom. The van der Waals surface area contributed by atoms with E-state index in [0.717, 1.165) is 11.3 Å². The quantitative estimate of drug-likeness (QED) is 0.902. The van der Waals surface area contributed by atoms with E-state index < -0.39 is 22.7 Å². The number of sulfonamides is 1. The first kappa shape index (κ1) is 15.4. The summed E-state index contributed by atoms with van der Waals surface area (Å²) in [5, 5.41) is 10.0. The maximum absolute atomic E-state index is 12.3. The molecule has 1 aromatic heterocycles. The van der Waals surface area contributed by atoms with Crippen molar-refractivity contribution in [2.75, 3.05) is 13.1 Å². The average molecular weight is 303 g/mol. The molecule has 0 atom stereocenters. The Kier molecular flexibility index (Phi) is 4.76. The third-order valence-electron chi connectivity index (χ3n) is 2.13. The molecule has 0 aromatic carbocycles. The van der Waals surface area contributed by atoms with Gasteiger partial charge in [-0.2, -0.15) is 17.5 Å². The van der Waals surface area contributed by atoms with E-state index in [2.05, 4.69) is 0 Å². The summed E-state index contributed by atoms with van der Waals surface area (Å²) in [6, 6.07) is 1.18. The van der Waals surface area contributed by atoms with Gasteiger partial charge in [-0.1, -0.05) is 6.92 Å². The Hall–Kier alpha value is -0.640. The summed E-state index contributed by atoms with van der Waals surface area (Å²) < 4.78 is 61.0. The fourth-order valence-corrected chi connectivity index (χ4v) is 3.85. The molecule has 0 fully saturated rings. The summed E-state index contributed by atoms with van der Waals surface area (Å²) in [7, 11) is -4.16. The molecular weight excluding hydrogens is 291 g/mol. The van der Waals surface area contributed by atoms with Crippen molar-refractivity contribution in [1.29, 1.82) is 0 Å². The summed E-state index contributed by atoms with van der Waals surface area (Å²) in [5.74, 6) is 0. The number of rotatable bonds is 5. The van der Waals surface area contributed by atoms with E-state index in [9.17, 15) is 21.6 Å². The van der Waals surface area contributed by atoms with Crippen molar-refractivity contribution < 1.29 is 26.7 Å². The molecule has 9 heteroatoms. The van der Waals surface area contributed by atoms with E-state index in [1.165, 1.54) is 18.4 Å². The lowest BCUT2D eigenvalue weighted by Crippen LogP contribution is -2.38. The summed E-state index contributed by atoms with van der Waals surface area (Å²) in [5.41, 5.74) is 0. The predicted molar refractivity (Wildman–Crippen MR) is 60.7 cm³/mol. The highest BCUT2D eigenvalue weighted by Crippen LogP contribution is 2.25. The van der Waals surface area contributed by atoms with E-state index in [1.807, 2.05) is 0 Å². The van der Waals surface area contributed by atoms with Gasteiger partial charge in [0.15, 0.2) is 0 Å². The van der Waals surface area contributed by atoms with Crippen LogP contribution < -0.4 is 0 Å². The van der Waals surface area contributed by atoms with Crippen LogP contribution in [0, 0.1) is 0 Å². The predicted octanol–water partition coefficient (Wildman–Crippen LogP) is 1.81. The highest BCUT2D eigenvalue weighted by molar-refractivity contribution is 7.89. The van der Waals surface area contributed by atoms with Crippen LogP contribution in [0.1, 0.15) is 11.8 Å². The molecule has 0 amide bonds. The number of halogens is 3. The monoisotopic (exact) mass is 303 g/mol. The molecular formula is C9H12F3NO3S2. The molecule has 104 valence electrons. The largest absolute Gasteiger partial charge is 0.402 e. The second kappa shape index (κ2) is 5.55. The zero-order chi connectivity index (χ0) is 14.0. The van der Waals surface area contributed by atoms with Crippen LogP contribution in [-0.2, 0) is 16.6 Å². The van der Waals surface area contributed by atoms with Gasteiger partial charge in [0.25, 0.3) is 0 Å². The molecule has 1 aromatic rings. The lowest BCUT2D eigenvalue weighted by Gasteiger charge is -2.21. The van der Waals surface area contributed by atoms with Gasteiger partial charge < -0.3 is 5.11 Å². The van der Waals surface area contributed by atoms with Crippen LogP contribution >= 0.6 is 11.3 Å². The summed E-state index contributed by atoms with van der Waals surface area (Å²) in [6.07, 6.45) is -4.58. The first-order chi connectivity index (χ1) is 8.20. The third kappa shape index (κ3) is 3.67. The van der Waals surface area contributed by atoms with Gasteiger partial charge in [0, 0.05) is 16.8 Å². The minimum absolute atomic E-state index is 0.220. The molecule has 1 N–H and O–H groups in total. The van der Waals surface area contributed by atoms with Gasteiger partial charge in [-0.15, -0.1) is 11.3 Å². The van der Waals surface area contributed by atoms with Crippen molar-refractivity contribution in [3.63, 3.8) is 0 Å². The third-order valence-corrected chi connectivity index (χ3v) is 5.10. The van der Waals surface area contributed by atoms with Gasteiger partial charge in [-0.05, 0) is 6.07 Å². The SMILES string of the molecule is CCN(CC(F)(F)F)S(=O)(=O)c1csc(CO)c1. The minimum atomic E-state index is -4.58. The number of thiophene rings is 1. The van der Waals surface area contributed by atoms with Gasteiger partial charge in [-0.25, -0.2) is 8.42 Å². The maximum Gasteiger partial charge on any atom is 0.402 e. The zero-order valence-corrected chi connectivity index (χ0v) is 11.1. The maximum atomic E-state index is 12.3. The molecule has 0 saturated carbocycles. The van der Waals surface area contributed by atoms with Crippen molar-refractivity contribution in [2.45, 2.75) is 24.6 Å². The van der Waals surface area contributed by atoms with Crippen LogP contribution in [0.15, 0.2) is 16.3 Å². The zero-order valence-electron chi connectivity index (χ0n) is 9.44. The molecule has 4 nitrogen and oxygen atoms in total. The topological polar surface area (TPSA) is 57.6 Å². The molecule has 18 heavy (non-hydrogen) atoms. The second-order valence-corrected chi connectivity index (χ2v) is 6.39. The molecule has 1 heterocycles. The second-order valence-electron chi connectivity index (χ2n) is 3.45. The lowest BCUT2D eigenvalue weighted by molar-refractivity contribution is -0.135. The smallest absolute Gasteiger partial charge is 0.391 e. The van der Waals surface area contributed by atoms with E-state index in [-0.39, 0.29) is 18.0 Å². The van der Waals surface area contributed by atoms with Crippen molar-refractivity contribution in [3.05, 3.63) is 16.3 Å². The van der Waals surface area contributed by atoms with Crippen molar-refractivity contribution in [3.8, 4) is 0 Å². The van der Waals surface area contributed by atoms with Crippen LogP contribution in [0.4, 0.5) is 13.2 Å². The average Bonchev–Trinajstić information content (AvgIpc) is 2.73. The highest BCUT2D eigenvalue weighted by atomic mass is 32.2. The summed E-state index contributed by atoms with van der Waals surface area (Å²) in [6.45, 7) is -0.795. The number of alkyl halides is 3. The number of hydrogen-bond acceptors (Lipinski definition) is 4. The highest BCUT2D eigenvalue weighted by Gasteiger charge is 2.36. The first-order valence-corrected chi connectivity index (χ1v) is 7.28. The Labute approximate surface area is 107 Å². The standard InChI is InChI=1S/C9H12F3NO3S2/c1-2-13(6-9(10,11)12)18(15,16)8-3-7(4-14)17-5-8/h3,5,14H,2,4,6H2,1H3. The fourth-order valence-electron chi connectivity index (χ4n) is 1.29. The van der Waals surface area contributed by atoms with E-state index >= 15 is 0 Å². The van der Waals surface area contributed by atoms with Crippen molar-refractivity contribution >= 4 is 21.4 Å². The molecule has 0 bridgehead atoms. The van der Waals surface area contributed by atoms with Crippen LogP contribution in [0.3, 0.4) is 0 Å². The number of hydrogen-bond donors (Lipinski definition) is 1. The molecule has 0 spiro atoms. The van der Waals surface area contributed by atoms with Crippen LogP contribution in [0.25, 0.3) is 0 Å². The molecule has 0 unspecified atom stereocenters. The normalized spacial score (nSPS) is 13.2. The number of nitrogens with zero attached hydrogens (tertiary/aromatic N) is 1. The van der Waals surface area contributed by atoms with E-state index in [0.29, 0.717) is 9.18 Å². The van der Waals surface area contributed by atoms with Gasteiger partial charge in [0.2, 0.25) is 10.0 Å². The van der Waals surface area contributed by atoms with Crippen LogP contribution in [0.5, 0.6) is 0 Å². The van der Waals surface area contributed by atoms with Gasteiger partial charge in [-0.3, -0.25) is 0 Å². The molecule has 0 aliphatic heterocycles. The van der Waals surface area contributed by atoms with Crippen molar-refractivity contribution in [1.82, 2.24) is 4.31 Å².